The zero-order chi connectivity index (χ0) is 10.1. The lowest BCUT2D eigenvalue weighted by molar-refractivity contribution is 0.756. The monoisotopic (exact) mass is 190 g/mol. The molecule has 0 aromatic carbocycles. The van der Waals surface area contributed by atoms with Gasteiger partial charge in [0.25, 0.3) is 0 Å². The van der Waals surface area contributed by atoms with E-state index in [1.807, 2.05) is 20.2 Å². The summed E-state index contributed by atoms with van der Waals surface area (Å²) < 4.78 is 1.73. The number of hydrogen-bond donors (Lipinski definition) is 1. The van der Waals surface area contributed by atoms with Crippen molar-refractivity contribution in [2.24, 2.45) is 7.05 Å². The molecule has 6 nitrogen and oxygen atoms in total. The first-order valence-corrected chi connectivity index (χ1v) is 4.12. The largest absolute Gasteiger partial charge is 0.366 e. The lowest BCUT2D eigenvalue weighted by Crippen LogP contribution is -1.98. The molecule has 0 radical (unpaired) electrons. The van der Waals surface area contributed by atoms with Crippen molar-refractivity contribution in [1.82, 2.24) is 25.0 Å². The number of aryl methyl sites for hydroxylation is 2. The molecule has 0 amide bonds. The minimum atomic E-state index is 0.172. The Morgan fingerprint density at radius 2 is 2.21 bits per heavy atom. The molecule has 0 aliphatic carbocycles. The summed E-state index contributed by atoms with van der Waals surface area (Å²) in [6.45, 7) is 1.91. The highest BCUT2D eigenvalue weighted by Gasteiger charge is 2.07. The van der Waals surface area contributed by atoms with E-state index in [1.165, 1.54) is 0 Å². The van der Waals surface area contributed by atoms with Gasteiger partial charge in [-0.15, -0.1) is 5.10 Å². The highest BCUT2D eigenvalue weighted by atomic mass is 15.3. The van der Waals surface area contributed by atoms with E-state index in [-0.39, 0.29) is 5.95 Å². The Labute approximate surface area is 80.8 Å². The lowest BCUT2D eigenvalue weighted by atomic mass is 10.2. The van der Waals surface area contributed by atoms with Crippen LogP contribution in [0.15, 0.2) is 12.4 Å². The first-order chi connectivity index (χ1) is 6.66. The van der Waals surface area contributed by atoms with Crippen LogP contribution in [-0.4, -0.2) is 25.0 Å². The van der Waals surface area contributed by atoms with E-state index in [2.05, 4.69) is 20.3 Å². The van der Waals surface area contributed by atoms with Gasteiger partial charge in [-0.3, -0.25) is 4.68 Å². The summed E-state index contributed by atoms with van der Waals surface area (Å²) >= 11 is 0. The lowest BCUT2D eigenvalue weighted by Gasteiger charge is -1.96. The van der Waals surface area contributed by atoms with Crippen molar-refractivity contribution in [3.63, 3.8) is 0 Å². The van der Waals surface area contributed by atoms with Gasteiger partial charge in [-0.1, -0.05) is 0 Å². The molecule has 0 atom stereocenters. The van der Waals surface area contributed by atoms with Gasteiger partial charge in [0.2, 0.25) is 5.95 Å². The molecule has 6 heteroatoms. The van der Waals surface area contributed by atoms with E-state index in [1.54, 1.807) is 10.9 Å². The standard InChI is InChI=1S/C8H10N6/c1-5-6(4-14(2)13-5)7-3-10-12-8(9)11-7/h3-4H,1-2H3,(H2,9,11,12). The normalized spacial score (nSPS) is 10.4. The van der Waals surface area contributed by atoms with Crippen LogP contribution in [0.1, 0.15) is 5.69 Å². The van der Waals surface area contributed by atoms with Gasteiger partial charge in [0.15, 0.2) is 0 Å². The summed E-state index contributed by atoms with van der Waals surface area (Å²) in [7, 11) is 1.86. The fourth-order valence-corrected chi connectivity index (χ4v) is 1.30. The maximum atomic E-state index is 5.44. The molecule has 0 bridgehead atoms. The third kappa shape index (κ3) is 1.41. The van der Waals surface area contributed by atoms with Crippen LogP contribution in [-0.2, 0) is 7.05 Å². The average Bonchev–Trinajstić information content (AvgIpc) is 2.45. The summed E-state index contributed by atoms with van der Waals surface area (Å²) in [4.78, 5) is 4.07. The maximum absolute atomic E-state index is 5.44. The van der Waals surface area contributed by atoms with E-state index in [9.17, 15) is 0 Å². The van der Waals surface area contributed by atoms with Gasteiger partial charge in [0.1, 0.15) is 0 Å². The van der Waals surface area contributed by atoms with Gasteiger partial charge in [-0.25, -0.2) is 4.98 Å². The molecule has 2 aromatic rings. The van der Waals surface area contributed by atoms with E-state index < -0.39 is 0 Å². The van der Waals surface area contributed by atoms with E-state index >= 15 is 0 Å². The predicted molar refractivity (Wildman–Crippen MR) is 51.2 cm³/mol. The number of nitrogens with two attached hydrogens (primary N) is 1. The number of rotatable bonds is 1. The molecule has 72 valence electrons. The Morgan fingerprint density at radius 3 is 2.79 bits per heavy atom. The fraction of sp³-hybridized carbons (Fsp3) is 0.250. The van der Waals surface area contributed by atoms with Crippen molar-refractivity contribution in [3.8, 4) is 11.3 Å². The molecule has 0 aliphatic rings. The molecule has 0 saturated heterocycles. The molecular formula is C8H10N6. The topological polar surface area (TPSA) is 82.5 Å². The third-order valence-corrected chi connectivity index (χ3v) is 1.86. The molecule has 0 spiro atoms. The van der Waals surface area contributed by atoms with Crippen LogP contribution in [0.4, 0.5) is 5.95 Å². The SMILES string of the molecule is Cc1nn(C)cc1-c1cnnc(N)n1. The summed E-state index contributed by atoms with van der Waals surface area (Å²) in [6.07, 6.45) is 3.44. The molecule has 0 aliphatic heterocycles. The van der Waals surface area contributed by atoms with Gasteiger partial charge >= 0.3 is 0 Å². The van der Waals surface area contributed by atoms with E-state index in [4.69, 9.17) is 5.73 Å². The van der Waals surface area contributed by atoms with Crippen LogP contribution in [0.2, 0.25) is 0 Å². The highest BCUT2D eigenvalue weighted by Crippen LogP contribution is 2.18. The van der Waals surface area contributed by atoms with Crippen LogP contribution in [0.3, 0.4) is 0 Å². The molecule has 2 heterocycles. The average molecular weight is 190 g/mol. The Kier molecular flexibility index (Phi) is 1.88. The maximum Gasteiger partial charge on any atom is 0.240 e. The Morgan fingerprint density at radius 1 is 1.43 bits per heavy atom. The molecule has 14 heavy (non-hydrogen) atoms. The van der Waals surface area contributed by atoms with Crippen LogP contribution in [0, 0.1) is 6.92 Å². The van der Waals surface area contributed by atoms with Crippen LogP contribution >= 0.6 is 0 Å². The summed E-state index contributed by atoms with van der Waals surface area (Å²) in [5, 5.41) is 11.5. The predicted octanol–water partition coefficient (Wildman–Crippen LogP) is 0.163. The number of nitrogen functional groups attached to an aromatic ring is 1. The second-order valence-corrected chi connectivity index (χ2v) is 3.00. The summed E-state index contributed by atoms with van der Waals surface area (Å²) in [6, 6.07) is 0. The molecule has 2 N–H and O–H groups in total. The molecule has 0 unspecified atom stereocenters. The smallest absolute Gasteiger partial charge is 0.240 e. The minimum absolute atomic E-state index is 0.172. The van der Waals surface area contributed by atoms with Gasteiger partial charge < -0.3 is 5.73 Å². The molecule has 0 fully saturated rings. The van der Waals surface area contributed by atoms with E-state index in [0.717, 1.165) is 11.3 Å². The van der Waals surface area contributed by atoms with Crippen molar-refractivity contribution < 1.29 is 0 Å². The molecule has 2 aromatic heterocycles. The number of anilines is 1. The number of aromatic nitrogens is 5. The number of nitrogens with zero attached hydrogens (tertiary/aromatic N) is 5. The van der Waals surface area contributed by atoms with Gasteiger partial charge in [0, 0.05) is 18.8 Å². The van der Waals surface area contributed by atoms with E-state index in [0.29, 0.717) is 5.69 Å². The van der Waals surface area contributed by atoms with Crippen molar-refractivity contribution in [2.75, 3.05) is 5.73 Å². The van der Waals surface area contributed by atoms with Crippen molar-refractivity contribution >= 4 is 5.95 Å². The second kappa shape index (κ2) is 3.06. The van der Waals surface area contributed by atoms with Gasteiger partial charge in [0.05, 0.1) is 17.6 Å². The fourth-order valence-electron chi connectivity index (χ4n) is 1.30. The highest BCUT2D eigenvalue weighted by molar-refractivity contribution is 5.60. The zero-order valence-electron chi connectivity index (χ0n) is 7.97. The van der Waals surface area contributed by atoms with Crippen molar-refractivity contribution in [3.05, 3.63) is 18.1 Å². The van der Waals surface area contributed by atoms with Crippen LogP contribution < -0.4 is 5.73 Å². The Hall–Kier alpha value is -1.98. The zero-order valence-corrected chi connectivity index (χ0v) is 7.97. The quantitative estimate of drug-likeness (QED) is 0.692. The molecular weight excluding hydrogens is 180 g/mol. The van der Waals surface area contributed by atoms with Crippen LogP contribution in [0.5, 0.6) is 0 Å². The Bertz CT molecular complexity index is 461. The van der Waals surface area contributed by atoms with Gasteiger partial charge in [-0.05, 0) is 6.92 Å². The number of hydrogen-bond acceptors (Lipinski definition) is 5. The molecule has 0 saturated carbocycles. The minimum Gasteiger partial charge on any atom is -0.366 e. The van der Waals surface area contributed by atoms with Crippen molar-refractivity contribution in [1.29, 1.82) is 0 Å². The van der Waals surface area contributed by atoms with Gasteiger partial charge in [-0.2, -0.15) is 10.2 Å². The summed E-state index contributed by atoms with van der Waals surface area (Å²) in [5.74, 6) is 0.172. The van der Waals surface area contributed by atoms with Crippen LogP contribution in [0.25, 0.3) is 11.3 Å². The van der Waals surface area contributed by atoms with Crippen molar-refractivity contribution in [2.45, 2.75) is 6.92 Å². The third-order valence-electron chi connectivity index (χ3n) is 1.86. The second-order valence-electron chi connectivity index (χ2n) is 3.00. The Balaban J connectivity index is 2.54. The first-order valence-electron chi connectivity index (χ1n) is 4.12. The first kappa shape index (κ1) is 8.61. The summed E-state index contributed by atoms with van der Waals surface area (Å²) in [5.41, 5.74) is 7.96. The molecule has 2 rings (SSSR count).